The number of amides is 4. The Morgan fingerprint density at radius 2 is 1.78 bits per heavy atom. The summed E-state index contributed by atoms with van der Waals surface area (Å²) >= 11 is 0. The van der Waals surface area contributed by atoms with Gasteiger partial charge < -0.3 is 15.0 Å². The highest BCUT2D eigenvalue weighted by Gasteiger charge is 2.57. The minimum absolute atomic E-state index is 0.0607. The van der Waals surface area contributed by atoms with Crippen molar-refractivity contribution in [1.82, 2.24) is 15.6 Å². The topological polar surface area (TPSA) is 113 Å². The van der Waals surface area contributed by atoms with Crippen molar-refractivity contribution < 1.29 is 23.5 Å². The molecular weight excluding hydrogens is 465 g/mol. The van der Waals surface area contributed by atoms with Gasteiger partial charge in [-0.05, 0) is 66.8 Å². The van der Waals surface area contributed by atoms with E-state index in [-0.39, 0.29) is 11.9 Å². The number of benzene rings is 2. The largest absolute Gasteiger partial charge is 0.439 e. The third-order valence-electron chi connectivity index (χ3n) is 6.94. The Morgan fingerprint density at radius 3 is 2.50 bits per heavy atom. The molecule has 3 N–H and O–H groups in total. The fraction of sp³-hybridized carbons (Fsp3) is 0.231. The van der Waals surface area contributed by atoms with Crippen molar-refractivity contribution in [3.63, 3.8) is 0 Å². The quantitative estimate of drug-likeness (QED) is 0.484. The standard InChI is InChI=1S/C26H22FN5O4/c27-17-4-2-15(3-5-17)21-13-16-12-19(7-8-20(16)29-21)36-22-9-6-18(14-28-22)32-11-1-10-26(32)23(33)30-25(35)31-24(26)34/h2-9,12,14,21,29H,1,10-11,13H2,(H2,30,31,33,34,35). The van der Waals surface area contributed by atoms with Gasteiger partial charge in [0.2, 0.25) is 5.88 Å². The fourth-order valence-corrected chi connectivity index (χ4v) is 5.20. The minimum atomic E-state index is -1.47. The van der Waals surface area contributed by atoms with E-state index in [0.717, 1.165) is 23.2 Å². The molecule has 2 aromatic carbocycles. The first-order valence-corrected chi connectivity index (χ1v) is 11.7. The van der Waals surface area contributed by atoms with Gasteiger partial charge in [-0.2, -0.15) is 0 Å². The summed E-state index contributed by atoms with van der Waals surface area (Å²) in [5.41, 5.74) is 2.21. The van der Waals surface area contributed by atoms with Crippen LogP contribution in [-0.4, -0.2) is 34.9 Å². The zero-order chi connectivity index (χ0) is 24.9. The SMILES string of the molecule is O=C1NC(=O)C2(CCCN2c2ccc(Oc3ccc4c(c3)CC(c3ccc(F)cc3)N4)nc2)C(=O)N1. The molecule has 1 atom stereocenters. The number of aromatic nitrogens is 1. The molecule has 0 radical (unpaired) electrons. The summed E-state index contributed by atoms with van der Waals surface area (Å²) < 4.78 is 19.2. The average Bonchev–Trinajstić information content (AvgIpc) is 3.49. The fourth-order valence-electron chi connectivity index (χ4n) is 5.20. The van der Waals surface area contributed by atoms with E-state index in [1.807, 2.05) is 18.2 Å². The summed E-state index contributed by atoms with van der Waals surface area (Å²) in [6, 6.07) is 14.9. The molecule has 9 nitrogen and oxygen atoms in total. The summed E-state index contributed by atoms with van der Waals surface area (Å²) in [5, 5.41) is 7.86. The molecule has 36 heavy (non-hydrogen) atoms. The van der Waals surface area contributed by atoms with Gasteiger partial charge in [-0.25, -0.2) is 14.2 Å². The van der Waals surface area contributed by atoms with E-state index in [9.17, 15) is 18.8 Å². The molecule has 1 spiro atoms. The van der Waals surface area contributed by atoms with Gasteiger partial charge in [-0.15, -0.1) is 0 Å². The first kappa shape index (κ1) is 22.0. The Labute approximate surface area is 205 Å². The van der Waals surface area contributed by atoms with E-state index in [4.69, 9.17) is 4.74 Å². The molecule has 3 aliphatic rings. The van der Waals surface area contributed by atoms with Crippen LogP contribution >= 0.6 is 0 Å². The van der Waals surface area contributed by atoms with Crippen LogP contribution in [0.3, 0.4) is 0 Å². The molecule has 10 heteroatoms. The number of hydrogen-bond donors (Lipinski definition) is 3. The molecular formula is C26H22FN5O4. The molecule has 182 valence electrons. The van der Waals surface area contributed by atoms with Gasteiger partial charge in [0.05, 0.1) is 17.9 Å². The smallest absolute Gasteiger partial charge is 0.328 e. The predicted molar refractivity (Wildman–Crippen MR) is 128 cm³/mol. The molecule has 2 saturated heterocycles. The van der Waals surface area contributed by atoms with Crippen LogP contribution in [-0.2, 0) is 16.0 Å². The second-order valence-electron chi connectivity index (χ2n) is 9.08. The van der Waals surface area contributed by atoms with E-state index in [2.05, 4.69) is 20.9 Å². The molecule has 1 unspecified atom stereocenters. The number of imide groups is 2. The zero-order valence-corrected chi connectivity index (χ0v) is 19.1. The maximum atomic E-state index is 13.3. The second kappa shape index (κ2) is 8.33. The highest BCUT2D eigenvalue weighted by Crippen LogP contribution is 2.38. The Balaban J connectivity index is 1.17. The van der Waals surface area contributed by atoms with Gasteiger partial charge in [-0.3, -0.25) is 20.2 Å². The molecule has 4 amide bonds. The van der Waals surface area contributed by atoms with E-state index in [1.54, 1.807) is 35.4 Å². The number of hydrogen-bond acceptors (Lipinski definition) is 7. The second-order valence-corrected chi connectivity index (χ2v) is 9.08. The summed E-state index contributed by atoms with van der Waals surface area (Å²) in [6.45, 7) is 0.476. The van der Waals surface area contributed by atoms with Gasteiger partial charge in [-0.1, -0.05) is 12.1 Å². The first-order valence-electron chi connectivity index (χ1n) is 11.7. The molecule has 0 saturated carbocycles. The Hall–Kier alpha value is -4.47. The lowest BCUT2D eigenvalue weighted by Gasteiger charge is -2.38. The molecule has 0 aliphatic carbocycles. The van der Waals surface area contributed by atoms with Crippen molar-refractivity contribution in [2.24, 2.45) is 0 Å². The lowest BCUT2D eigenvalue weighted by molar-refractivity contribution is -0.137. The van der Waals surface area contributed by atoms with Crippen LogP contribution in [0.25, 0.3) is 0 Å². The highest BCUT2D eigenvalue weighted by atomic mass is 19.1. The van der Waals surface area contributed by atoms with Gasteiger partial charge in [0.15, 0.2) is 5.54 Å². The van der Waals surface area contributed by atoms with Crippen molar-refractivity contribution >= 4 is 29.2 Å². The Kier molecular flexibility index (Phi) is 5.10. The summed E-state index contributed by atoms with van der Waals surface area (Å²) in [6.07, 6.45) is 3.22. The van der Waals surface area contributed by atoms with Gasteiger partial charge in [0.1, 0.15) is 11.6 Å². The van der Waals surface area contributed by atoms with Gasteiger partial charge in [0.25, 0.3) is 11.8 Å². The van der Waals surface area contributed by atoms with Crippen LogP contribution in [0.5, 0.6) is 11.6 Å². The Bertz CT molecular complexity index is 1360. The molecule has 6 rings (SSSR count). The van der Waals surface area contributed by atoms with Crippen LogP contribution < -0.4 is 25.6 Å². The molecule has 2 fully saturated rings. The minimum Gasteiger partial charge on any atom is -0.439 e. The number of carbonyl (C=O) groups excluding carboxylic acids is 3. The Morgan fingerprint density at radius 1 is 1.00 bits per heavy atom. The lowest BCUT2D eigenvalue weighted by atomic mass is 9.92. The maximum absolute atomic E-state index is 13.3. The third kappa shape index (κ3) is 3.62. The number of anilines is 2. The van der Waals surface area contributed by atoms with Crippen molar-refractivity contribution in [3.05, 3.63) is 77.7 Å². The van der Waals surface area contributed by atoms with Crippen molar-refractivity contribution in [3.8, 4) is 11.6 Å². The number of pyridine rings is 1. The van der Waals surface area contributed by atoms with E-state index in [1.165, 1.54) is 12.1 Å². The van der Waals surface area contributed by atoms with E-state index in [0.29, 0.717) is 36.7 Å². The van der Waals surface area contributed by atoms with Crippen LogP contribution in [0, 0.1) is 5.82 Å². The maximum Gasteiger partial charge on any atom is 0.328 e. The van der Waals surface area contributed by atoms with Crippen LogP contribution in [0.15, 0.2) is 60.8 Å². The lowest BCUT2D eigenvalue weighted by Crippen LogP contribution is -2.71. The van der Waals surface area contributed by atoms with E-state index < -0.39 is 23.4 Å². The normalized spacial score (nSPS) is 20.1. The monoisotopic (exact) mass is 487 g/mol. The van der Waals surface area contributed by atoms with Gasteiger partial charge in [0, 0.05) is 18.3 Å². The van der Waals surface area contributed by atoms with Crippen LogP contribution in [0.2, 0.25) is 0 Å². The number of carbonyl (C=O) groups is 3. The third-order valence-corrected chi connectivity index (χ3v) is 6.94. The number of rotatable bonds is 4. The van der Waals surface area contributed by atoms with Crippen molar-refractivity contribution in [2.75, 3.05) is 16.8 Å². The van der Waals surface area contributed by atoms with E-state index >= 15 is 0 Å². The molecule has 4 heterocycles. The first-order chi connectivity index (χ1) is 17.4. The predicted octanol–water partition coefficient (Wildman–Crippen LogP) is 3.43. The van der Waals surface area contributed by atoms with Crippen molar-refractivity contribution in [2.45, 2.75) is 30.8 Å². The summed E-state index contributed by atoms with van der Waals surface area (Å²) in [4.78, 5) is 42.9. The molecule has 1 aromatic heterocycles. The number of fused-ring (bicyclic) bond motifs is 1. The average molecular weight is 487 g/mol. The summed E-state index contributed by atoms with van der Waals surface area (Å²) in [5.74, 6) is -0.526. The molecule has 3 aromatic rings. The van der Waals surface area contributed by atoms with Crippen LogP contribution in [0.1, 0.15) is 30.0 Å². The number of urea groups is 1. The molecule has 3 aliphatic heterocycles. The number of barbiturate groups is 1. The zero-order valence-electron chi connectivity index (χ0n) is 19.1. The summed E-state index contributed by atoms with van der Waals surface area (Å²) in [7, 11) is 0. The highest BCUT2D eigenvalue weighted by molar-refractivity contribution is 6.24. The number of nitrogens with one attached hydrogen (secondary N) is 3. The number of ether oxygens (including phenoxy) is 1. The molecule has 0 bridgehead atoms. The van der Waals surface area contributed by atoms with Gasteiger partial charge >= 0.3 is 6.03 Å². The number of halogens is 1. The van der Waals surface area contributed by atoms with Crippen LogP contribution in [0.4, 0.5) is 20.6 Å². The number of nitrogens with zero attached hydrogens (tertiary/aromatic N) is 2. The van der Waals surface area contributed by atoms with Crippen molar-refractivity contribution in [1.29, 1.82) is 0 Å².